The van der Waals surface area contributed by atoms with Crippen LogP contribution in [-0.2, 0) is 9.53 Å². The first-order valence-electron chi connectivity index (χ1n) is 5.29. The zero-order chi connectivity index (χ0) is 12.7. The van der Waals surface area contributed by atoms with Crippen molar-refractivity contribution >= 4 is 27.5 Å². The van der Waals surface area contributed by atoms with Crippen LogP contribution in [0.1, 0.15) is 12.5 Å². The molecular formula is C13H15BrO3. The first kappa shape index (κ1) is 13.8. The van der Waals surface area contributed by atoms with Crippen molar-refractivity contribution in [2.24, 2.45) is 0 Å². The Morgan fingerprint density at radius 1 is 1.35 bits per heavy atom. The van der Waals surface area contributed by atoms with Crippen molar-refractivity contribution in [3.8, 4) is 5.75 Å². The number of halogens is 1. The molecule has 0 heterocycles. The summed E-state index contributed by atoms with van der Waals surface area (Å²) in [5, 5.41) is 0.595. The molecule has 0 amide bonds. The van der Waals surface area contributed by atoms with Gasteiger partial charge in [-0.3, -0.25) is 0 Å². The molecule has 1 rings (SSSR count). The molecule has 0 atom stereocenters. The highest BCUT2D eigenvalue weighted by Gasteiger charge is 2.04. The molecule has 0 aliphatic heterocycles. The van der Waals surface area contributed by atoms with Gasteiger partial charge in [0, 0.05) is 11.4 Å². The zero-order valence-corrected chi connectivity index (χ0v) is 11.5. The summed E-state index contributed by atoms with van der Waals surface area (Å²) in [7, 11) is 1.62. The van der Waals surface area contributed by atoms with Crippen LogP contribution in [0.5, 0.6) is 5.75 Å². The predicted octanol–water partition coefficient (Wildman–Crippen LogP) is 3.04. The first-order chi connectivity index (χ1) is 8.21. The summed E-state index contributed by atoms with van der Waals surface area (Å²) < 4.78 is 9.96. The number of allylic oxidation sites excluding steroid dienone is 1. The van der Waals surface area contributed by atoms with E-state index >= 15 is 0 Å². The third-order valence-electron chi connectivity index (χ3n) is 2.18. The Balaban J connectivity index is 2.89. The Morgan fingerprint density at radius 3 is 2.47 bits per heavy atom. The molecule has 0 saturated carbocycles. The van der Waals surface area contributed by atoms with Gasteiger partial charge in [-0.25, -0.2) is 4.79 Å². The van der Waals surface area contributed by atoms with Crippen LogP contribution in [0.4, 0.5) is 0 Å². The number of rotatable bonds is 5. The normalized spacial score (nSPS) is 11.1. The second-order valence-electron chi connectivity index (χ2n) is 3.28. The lowest BCUT2D eigenvalue weighted by Crippen LogP contribution is -2.01. The summed E-state index contributed by atoms with van der Waals surface area (Å²) in [5.74, 6) is 0.469. The van der Waals surface area contributed by atoms with Crippen LogP contribution in [0.15, 0.2) is 30.3 Å². The third kappa shape index (κ3) is 4.23. The minimum atomic E-state index is -0.322. The second kappa shape index (κ2) is 7.12. The molecule has 0 radical (unpaired) electrons. The van der Waals surface area contributed by atoms with Crippen LogP contribution in [0.2, 0.25) is 0 Å². The summed E-state index contributed by atoms with van der Waals surface area (Å²) in [5.41, 5.74) is 1.85. The van der Waals surface area contributed by atoms with E-state index < -0.39 is 0 Å². The van der Waals surface area contributed by atoms with Gasteiger partial charge >= 0.3 is 5.97 Å². The number of hydrogen-bond donors (Lipinski definition) is 0. The maximum Gasteiger partial charge on any atom is 0.331 e. The molecule has 0 aromatic heterocycles. The Morgan fingerprint density at radius 2 is 2.00 bits per heavy atom. The minimum Gasteiger partial charge on any atom is -0.497 e. The molecule has 0 unspecified atom stereocenters. The van der Waals surface area contributed by atoms with Crippen LogP contribution in [0.25, 0.3) is 5.57 Å². The van der Waals surface area contributed by atoms with Gasteiger partial charge in [0.25, 0.3) is 0 Å². The lowest BCUT2D eigenvalue weighted by Gasteiger charge is -2.06. The van der Waals surface area contributed by atoms with Crippen molar-refractivity contribution in [3.05, 3.63) is 35.9 Å². The maximum atomic E-state index is 11.4. The van der Waals surface area contributed by atoms with Gasteiger partial charge in [-0.15, -0.1) is 0 Å². The highest BCUT2D eigenvalue weighted by atomic mass is 79.9. The Labute approximate surface area is 110 Å². The number of carbonyl (C=O) groups is 1. The van der Waals surface area contributed by atoms with E-state index in [0.29, 0.717) is 11.9 Å². The molecule has 1 aromatic rings. The molecule has 4 heteroatoms. The van der Waals surface area contributed by atoms with Gasteiger partial charge in [0.05, 0.1) is 13.7 Å². The summed E-state index contributed by atoms with van der Waals surface area (Å²) in [6.45, 7) is 2.17. The zero-order valence-electron chi connectivity index (χ0n) is 9.90. The van der Waals surface area contributed by atoms with Crippen LogP contribution in [0.3, 0.4) is 0 Å². The first-order valence-corrected chi connectivity index (χ1v) is 6.41. The van der Waals surface area contributed by atoms with E-state index in [1.165, 1.54) is 6.08 Å². The largest absolute Gasteiger partial charge is 0.497 e. The van der Waals surface area contributed by atoms with Gasteiger partial charge in [-0.05, 0) is 30.2 Å². The van der Waals surface area contributed by atoms with Crippen LogP contribution in [-0.4, -0.2) is 25.0 Å². The summed E-state index contributed by atoms with van der Waals surface area (Å²) in [6.07, 6.45) is 1.50. The average Bonchev–Trinajstić information content (AvgIpc) is 2.36. The third-order valence-corrected chi connectivity index (χ3v) is 2.79. The fourth-order valence-corrected chi connectivity index (χ4v) is 1.82. The molecule has 1 aromatic carbocycles. The van der Waals surface area contributed by atoms with E-state index in [2.05, 4.69) is 15.9 Å². The maximum absolute atomic E-state index is 11.4. The van der Waals surface area contributed by atoms with Crippen molar-refractivity contribution in [1.29, 1.82) is 0 Å². The Bertz CT molecular complexity index is 396. The number of carbonyl (C=O) groups excluding carboxylic acids is 1. The monoisotopic (exact) mass is 298 g/mol. The summed E-state index contributed by atoms with van der Waals surface area (Å²) in [6, 6.07) is 7.53. The van der Waals surface area contributed by atoms with Gasteiger partial charge in [0.15, 0.2) is 0 Å². The molecule has 17 heavy (non-hydrogen) atoms. The molecule has 0 aliphatic rings. The molecule has 0 fully saturated rings. The van der Waals surface area contributed by atoms with Crippen molar-refractivity contribution in [2.45, 2.75) is 6.92 Å². The van der Waals surface area contributed by atoms with Crippen LogP contribution >= 0.6 is 15.9 Å². The Kier molecular flexibility index (Phi) is 5.77. The lowest BCUT2D eigenvalue weighted by molar-refractivity contribution is -0.137. The highest BCUT2D eigenvalue weighted by molar-refractivity contribution is 9.09. The molecule has 0 spiro atoms. The quantitative estimate of drug-likeness (QED) is 0.476. The molecule has 0 N–H and O–H groups in total. The SMILES string of the molecule is CCOC(=O)/C=C(/CBr)c1ccc(OC)cc1. The van der Waals surface area contributed by atoms with Gasteiger partial charge in [-0.2, -0.15) is 0 Å². The number of esters is 1. The molecule has 0 aliphatic carbocycles. The highest BCUT2D eigenvalue weighted by Crippen LogP contribution is 2.20. The number of hydrogen-bond acceptors (Lipinski definition) is 3. The predicted molar refractivity (Wildman–Crippen MR) is 71.4 cm³/mol. The molecule has 0 saturated heterocycles. The molecule has 92 valence electrons. The van der Waals surface area contributed by atoms with Crippen molar-refractivity contribution in [2.75, 3.05) is 19.0 Å². The summed E-state index contributed by atoms with van der Waals surface area (Å²) >= 11 is 3.36. The number of methoxy groups -OCH3 is 1. The van der Waals surface area contributed by atoms with Crippen molar-refractivity contribution in [3.63, 3.8) is 0 Å². The number of alkyl halides is 1. The van der Waals surface area contributed by atoms with E-state index in [0.717, 1.165) is 16.9 Å². The standard InChI is InChI=1S/C13H15BrO3/c1-3-17-13(15)8-11(9-14)10-4-6-12(16-2)7-5-10/h4-8H,3,9H2,1-2H3/b11-8-. The van der Waals surface area contributed by atoms with E-state index in [4.69, 9.17) is 9.47 Å². The van der Waals surface area contributed by atoms with E-state index in [-0.39, 0.29) is 5.97 Å². The van der Waals surface area contributed by atoms with Crippen LogP contribution in [0, 0.1) is 0 Å². The average molecular weight is 299 g/mol. The second-order valence-corrected chi connectivity index (χ2v) is 3.84. The van der Waals surface area contributed by atoms with Crippen molar-refractivity contribution < 1.29 is 14.3 Å². The molecular weight excluding hydrogens is 284 g/mol. The number of ether oxygens (including phenoxy) is 2. The fraction of sp³-hybridized carbons (Fsp3) is 0.308. The van der Waals surface area contributed by atoms with Gasteiger partial charge in [-0.1, -0.05) is 28.1 Å². The number of benzene rings is 1. The van der Waals surface area contributed by atoms with Gasteiger partial charge < -0.3 is 9.47 Å². The Hall–Kier alpha value is -1.29. The van der Waals surface area contributed by atoms with E-state index in [9.17, 15) is 4.79 Å². The molecule has 3 nitrogen and oxygen atoms in total. The van der Waals surface area contributed by atoms with Gasteiger partial charge in [0.1, 0.15) is 5.75 Å². The van der Waals surface area contributed by atoms with E-state index in [1.54, 1.807) is 14.0 Å². The minimum absolute atomic E-state index is 0.322. The topological polar surface area (TPSA) is 35.5 Å². The van der Waals surface area contributed by atoms with Crippen molar-refractivity contribution in [1.82, 2.24) is 0 Å². The molecule has 0 bridgehead atoms. The summed E-state index contributed by atoms with van der Waals surface area (Å²) in [4.78, 5) is 11.4. The fourth-order valence-electron chi connectivity index (χ4n) is 1.33. The lowest BCUT2D eigenvalue weighted by atomic mass is 10.1. The van der Waals surface area contributed by atoms with Gasteiger partial charge in [0.2, 0.25) is 0 Å². The van der Waals surface area contributed by atoms with Crippen LogP contribution < -0.4 is 4.74 Å². The van der Waals surface area contributed by atoms with E-state index in [1.807, 2.05) is 24.3 Å². The smallest absolute Gasteiger partial charge is 0.331 e.